The van der Waals surface area contributed by atoms with Crippen molar-refractivity contribution in [2.24, 2.45) is 5.92 Å². The van der Waals surface area contributed by atoms with Crippen LogP contribution in [0.2, 0.25) is 0 Å². The first kappa shape index (κ1) is 16.5. The fraction of sp³-hybridized carbons (Fsp3) is 0.875. The Morgan fingerprint density at radius 2 is 1.87 bits per heavy atom. The van der Waals surface area contributed by atoms with Gasteiger partial charge in [-0.1, -0.05) is 6.42 Å². The van der Waals surface area contributed by atoms with Gasteiger partial charge in [-0.25, -0.2) is 4.79 Å². The van der Waals surface area contributed by atoms with Gasteiger partial charge in [-0.15, -0.1) is 0 Å². The molecular weight excluding hydrogens is 300 g/mol. The molecule has 1 unspecified atom stereocenters. The lowest BCUT2D eigenvalue weighted by atomic mass is 9.94. The maximum Gasteiger partial charge on any atom is 0.317 e. The van der Waals surface area contributed by atoms with Crippen LogP contribution >= 0.6 is 0 Å². The molecule has 0 bridgehead atoms. The molecule has 2 aliphatic heterocycles. The molecule has 3 aliphatic rings. The molecule has 0 aromatic carbocycles. The zero-order valence-corrected chi connectivity index (χ0v) is 13.5. The lowest BCUT2D eigenvalue weighted by Gasteiger charge is -2.32. The van der Waals surface area contributed by atoms with E-state index >= 15 is 0 Å². The van der Waals surface area contributed by atoms with Crippen LogP contribution in [0.5, 0.6) is 0 Å². The molecule has 7 nitrogen and oxygen atoms in total. The van der Waals surface area contributed by atoms with E-state index < -0.39 is 11.8 Å². The summed E-state index contributed by atoms with van der Waals surface area (Å²) in [5.74, 6) is -1.50. The minimum atomic E-state index is -0.764. The van der Waals surface area contributed by atoms with Crippen molar-refractivity contribution >= 4 is 12.0 Å². The van der Waals surface area contributed by atoms with E-state index in [1.54, 1.807) is 4.90 Å². The van der Waals surface area contributed by atoms with Crippen LogP contribution < -0.4 is 5.32 Å². The van der Waals surface area contributed by atoms with Gasteiger partial charge in [0.05, 0.1) is 12.5 Å². The van der Waals surface area contributed by atoms with Crippen molar-refractivity contribution < 1.29 is 24.2 Å². The SMILES string of the molecule is O=C(O)C1CCN(C(=O)NCC2COC3(CCCCC3)O2)CC1. The molecule has 3 fully saturated rings. The molecule has 2 heterocycles. The minimum Gasteiger partial charge on any atom is -0.481 e. The van der Waals surface area contributed by atoms with Crippen molar-refractivity contribution in [3.8, 4) is 0 Å². The highest BCUT2D eigenvalue weighted by atomic mass is 16.7. The van der Waals surface area contributed by atoms with Gasteiger partial charge in [0.15, 0.2) is 5.79 Å². The van der Waals surface area contributed by atoms with Crippen LogP contribution in [0.4, 0.5) is 4.79 Å². The van der Waals surface area contributed by atoms with Gasteiger partial charge >= 0.3 is 12.0 Å². The highest BCUT2D eigenvalue weighted by molar-refractivity contribution is 5.75. The molecule has 7 heteroatoms. The first-order chi connectivity index (χ1) is 11.1. The zero-order valence-electron chi connectivity index (χ0n) is 13.5. The molecule has 3 rings (SSSR count). The number of likely N-dealkylation sites (tertiary alicyclic amines) is 1. The zero-order chi connectivity index (χ0) is 16.3. The number of rotatable bonds is 3. The molecule has 2 amide bonds. The molecule has 0 aromatic rings. The number of piperidine rings is 1. The number of aliphatic carboxylic acids is 1. The molecule has 1 aliphatic carbocycles. The van der Waals surface area contributed by atoms with Crippen molar-refractivity contribution in [3.63, 3.8) is 0 Å². The van der Waals surface area contributed by atoms with E-state index in [4.69, 9.17) is 14.6 Å². The van der Waals surface area contributed by atoms with Gasteiger partial charge in [-0.2, -0.15) is 0 Å². The quantitative estimate of drug-likeness (QED) is 0.822. The Morgan fingerprint density at radius 1 is 1.17 bits per heavy atom. The topological polar surface area (TPSA) is 88.1 Å². The molecule has 0 radical (unpaired) electrons. The van der Waals surface area contributed by atoms with Crippen LogP contribution in [0.25, 0.3) is 0 Å². The summed E-state index contributed by atoms with van der Waals surface area (Å²) in [6.45, 7) is 1.96. The Kier molecular flexibility index (Phi) is 5.06. The highest BCUT2D eigenvalue weighted by Gasteiger charge is 2.42. The first-order valence-corrected chi connectivity index (χ1v) is 8.65. The molecular formula is C16H26N2O5. The number of nitrogens with zero attached hydrogens (tertiary/aromatic N) is 1. The average Bonchev–Trinajstić information content (AvgIpc) is 2.96. The summed E-state index contributed by atoms with van der Waals surface area (Å²) < 4.78 is 11.9. The van der Waals surface area contributed by atoms with E-state index in [1.165, 1.54) is 6.42 Å². The Labute approximate surface area is 136 Å². The smallest absolute Gasteiger partial charge is 0.317 e. The van der Waals surface area contributed by atoms with Crippen LogP contribution in [-0.4, -0.2) is 60.1 Å². The predicted octanol–water partition coefficient (Wildman–Crippen LogP) is 1.57. The third-order valence-electron chi connectivity index (χ3n) is 5.14. The number of amides is 2. The average molecular weight is 326 g/mol. The fourth-order valence-electron chi connectivity index (χ4n) is 3.71. The van der Waals surface area contributed by atoms with E-state index in [1.807, 2.05) is 0 Å². The van der Waals surface area contributed by atoms with Crippen molar-refractivity contribution in [2.75, 3.05) is 26.2 Å². The number of carboxylic acid groups (broad SMARTS) is 1. The second-order valence-corrected chi connectivity index (χ2v) is 6.81. The number of urea groups is 1. The van der Waals surface area contributed by atoms with Crippen LogP contribution in [0.15, 0.2) is 0 Å². The van der Waals surface area contributed by atoms with Crippen LogP contribution in [0.3, 0.4) is 0 Å². The number of hydrogen-bond acceptors (Lipinski definition) is 4. The first-order valence-electron chi connectivity index (χ1n) is 8.65. The largest absolute Gasteiger partial charge is 0.481 e. The van der Waals surface area contributed by atoms with E-state index in [0.29, 0.717) is 39.1 Å². The van der Waals surface area contributed by atoms with Crippen LogP contribution in [0.1, 0.15) is 44.9 Å². The number of carbonyl (C=O) groups is 2. The second kappa shape index (κ2) is 7.05. The van der Waals surface area contributed by atoms with E-state index in [9.17, 15) is 9.59 Å². The lowest BCUT2D eigenvalue weighted by Crippen LogP contribution is -2.47. The molecule has 2 saturated heterocycles. The maximum absolute atomic E-state index is 12.2. The summed E-state index contributed by atoms with van der Waals surface area (Å²) in [4.78, 5) is 24.8. The molecule has 1 saturated carbocycles. The molecule has 23 heavy (non-hydrogen) atoms. The van der Waals surface area contributed by atoms with Gasteiger partial charge in [-0.05, 0) is 25.7 Å². The summed E-state index contributed by atoms with van der Waals surface area (Å²) >= 11 is 0. The molecule has 1 atom stereocenters. The number of carbonyl (C=O) groups excluding carboxylic acids is 1. The standard InChI is InChI=1S/C16H26N2O5/c19-14(20)12-4-8-18(9-5-12)15(21)17-10-13-11-22-16(23-13)6-2-1-3-7-16/h12-13H,1-11H2,(H,17,21)(H,19,20). The number of nitrogens with one attached hydrogen (secondary N) is 1. The van der Waals surface area contributed by atoms with Crippen LogP contribution in [-0.2, 0) is 14.3 Å². The lowest BCUT2D eigenvalue weighted by molar-refractivity contribution is -0.186. The number of ether oxygens (including phenoxy) is 2. The monoisotopic (exact) mass is 326 g/mol. The highest BCUT2D eigenvalue weighted by Crippen LogP contribution is 2.37. The summed E-state index contributed by atoms with van der Waals surface area (Å²) in [7, 11) is 0. The van der Waals surface area contributed by atoms with Crippen molar-refractivity contribution in [1.29, 1.82) is 0 Å². The second-order valence-electron chi connectivity index (χ2n) is 6.81. The van der Waals surface area contributed by atoms with E-state index in [0.717, 1.165) is 25.7 Å². The van der Waals surface area contributed by atoms with Gasteiger partial charge in [-0.3, -0.25) is 4.79 Å². The summed E-state index contributed by atoms with van der Waals surface area (Å²) in [6, 6.07) is -0.137. The van der Waals surface area contributed by atoms with Gasteiger partial charge in [0.1, 0.15) is 6.10 Å². The van der Waals surface area contributed by atoms with Crippen molar-refractivity contribution in [2.45, 2.75) is 56.8 Å². The molecule has 2 N–H and O–H groups in total. The molecule has 130 valence electrons. The minimum absolute atomic E-state index is 0.0893. The van der Waals surface area contributed by atoms with E-state index in [-0.39, 0.29) is 18.1 Å². The van der Waals surface area contributed by atoms with Gasteiger partial charge in [0, 0.05) is 32.5 Å². The Bertz CT molecular complexity index is 442. The van der Waals surface area contributed by atoms with Crippen molar-refractivity contribution in [1.82, 2.24) is 10.2 Å². The third kappa shape index (κ3) is 3.95. The maximum atomic E-state index is 12.2. The summed E-state index contributed by atoms with van der Waals surface area (Å²) in [5.41, 5.74) is 0. The molecule has 0 aromatic heterocycles. The van der Waals surface area contributed by atoms with Crippen molar-refractivity contribution in [3.05, 3.63) is 0 Å². The number of carboxylic acids is 1. The fourth-order valence-corrected chi connectivity index (χ4v) is 3.71. The predicted molar refractivity (Wildman–Crippen MR) is 82.0 cm³/mol. The normalized spacial score (nSPS) is 28.0. The summed E-state index contributed by atoms with van der Waals surface area (Å²) in [6.07, 6.45) is 6.36. The molecule has 1 spiro atoms. The Balaban J connectivity index is 1.39. The summed E-state index contributed by atoms with van der Waals surface area (Å²) in [5, 5.41) is 11.9. The van der Waals surface area contributed by atoms with Gasteiger partial charge in [0.2, 0.25) is 0 Å². The van der Waals surface area contributed by atoms with Gasteiger partial charge < -0.3 is 24.8 Å². The Morgan fingerprint density at radius 3 is 2.52 bits per heavy atom. The third-order valence-corrected chi connectivity index (χ3v) is 5.14. The van der Waals surface area contributed by atoms with Crippen LogP contribution in [0, 0.1) is 5.92 Å². The number of hydrogen-bond donors (Lipinski definition) is 2. The van der Waals surface area contributed by atoms with E-state index in [2.05, 4.69) is 5.32 Å². The van der Waals surface area contributed by atoms with Gasteiger partial charge in [0.25, 0.3) is 0 Å². The Hall–Kier alpha value is -1.34.